The van der Waals surface area contributed by atoms with Crippen LogP contribution in [-0.4, -0.2) is 57.4 Å². The molecule has 2 rings (SSSR count). The number of morpholine rings is 1. The molecule has 0 bridgehead atoms. The van der Waals surface area contributed by atoms with Crippen LogP contribution in [0.2, 0.25) is 0 Å². The molecule has 1 aliphatic rings. The van der Waals surface area contributed by atoms with E-state index in [0.717, 1.165) is 19.6 Å². The Morgan fingerprint density at radius 2 is 2.47 bits per heavy atom. The number of hydrogen-bond acceptors (Lipinski definition) is 6. The molecule has 0 amide bonds. The van der Waals surface area contributed by atoms with Gasteiger partial charge in [0.1, 0.15) is 11.3 Å². The molecule has 1 aromatic rings. The van der Waals surface area contributed by atoms with E-state index < -0.39 is 0 Å². The summed E-state index contributed by atoms with van der Waals surface area (Å²) in [6.45, 7) is 3.77. The van der Waals surface area contributed by atoms with E-state index in [1.165, 1.54) is 13.4 Å². The normalized spacial score (nSPS) is 20.4. The van der Waals surface area contributed by atoms with Gasteiger partial charge in [-0.25, -0.2) is 4.79 Å². The average Bonchev–Trinajstić information content (AvgIpc) is 2.87. The van der Waals surface area contributed by atoms with Gasteiger partial charge in [-0.05, 0) is 13.1 Å². The van der Waals surface area contributed by atoms with Gasteiger partial charge in [0.25, 0.3) is 0 Å². The highest BCUT2D eigenvalue weighted by Gasteiger charge is 2.23. The fraction of sp³-hybridized carbons (Fsp3) is 0.615. The van der Waals surface area contributed by atoms with Gasteiger partial charge in [0, 0.05) is 19.6 Å². The van der Waals surface area contributed by atoms with Crippen LogP contribution >= 0.6 is 0 Å². The molecule has 0 aliphatic carbocycles. The van der Waals surface area contributed by atoms with Crippen molar-refractivity contribution in [3.05, 3.63) is 23.7 Å². The van der Waals surface area contributed by atoms with Gasteiger partial charge in [0.05, 0.1) is 32.6 Å². The number of carbonyl (C=O) groups excluding carboxylic acids is 1. The predicted molar refractivity (Wildman–Crippen MR) is 69.0 cm³/mol. The highest BCUT2D eigenvalue weighted by atomic mass is 16.5. The van der Waals surface area contributed by atoms with Crippen molar-refractivity contribution in [1.29, 1.82) is 0 Å². The number of methoxy groups -OCH3 is 1. The smallest absolute Gasteiger partial charge is 0.341 e. The Bertz CT molecular complexity index is 417. The number of carbonyl (C=O) groups is 1. The first-order valence-corrected chi connectivity index (χ1v) is 6.37. The van der Waals surface area contributed by atoms with E-state index in [1.54, 1.807) is 6.07 Å². The Kier molecular flexibility index (Phi) is 4.95. The zero-order valence-electron chi connectivity index (χ0n) is 11.3. The third-order valence-corrected chi connectivity index (χ3v) is 3.17. The summed E-state index contributed by atoms with van der Waals surface area (Å²) >= 11 is 0. The maximum absolute atomic E-state index is 11.6. The third-order valence-electron chi connectivity index (χ3n) is 3.17. The van der Waals surface area contributed by atoms with Crippen LogP contribution in [0, 0.1) is 0 Å². The minimum Gasteiger partial charge on any atom is -0.467 e. The van der Waals surface area contributed by atoms with Gasteiger partial charge in [0.2, 0.25) is 0 Å². The van der Waals surface area contributed by atoms with E-state index in [1.807, 2.05) is 7.05 Å². The highest BCUT2D eigenvalue weighted by molar-refractivity contribution is 5.90. The number of furan rings is 1. The van der Waals surface area contributed by atoms with E-state index in [4.69, 9.17) is 13.9 Å². The largest absolute Gasteiger partial charge is 0.467 e. The number of rotatable bonds is 5. The maximum Gasteiger partial charge on any atom is 0.341 e. The SMILES string of the molecule is CNCC1CN(Cc2occc2C(=O)OC)CCO1. The second-order valence-electron chi connectivity index (χ2n) is 4.53. The summed E-state index contributed by atoms with van der Waals surface area (Å²) < 4.78 is 15.8. The summed E-state index contributed by atoms with van der Waals surface area (Å²) in [4.78, 5) is 13.8. The van der Waals surface area contributed by atoms with Crippen LogP contribution < -0.4 is 5.32 Å². The lowest BCUT2D eigenvalue weighted by Crippen LogP contribution is -2.45. The van der Waals surface area contributed by atoms with Crippen LogP contribution in [0.1, 0.15) is 16.1 Å². The number of nitrogens with zero attached hydrogens (tertiary/aromatic N) is 1. The van der Waals surface area contributed by atoms with Crippen LogP contribution in [0.15, 0.2) is 16.7 Å². The molecule has 1 fully saturated rings. The van der Waals surface area contributed by atoms with Gasteiger partial charge < -0.3 is 19.2 Å². The highest BCUT2D eigenvalue weighted by Crippen LogP contribution is 2.16. The molecular weight excluding hydrogens is 248 g/mol. The Hall–Kier alpha value is -1.37. The molecule has 0 spiro atoms. The summed E-state index contributed by atoms with van der Waals surface area (Å²) in [5.74, 6) is 0.292. The summed E-state index contributed by atoms with van der Waals surface area (Å²) in [6.07, 6.45) is 1.70. The Labute approximate surface area is 112 Å². The molecule has 0 saturated carbocycles. The first kappa shape index (κ1) is 14.0. The minimum absolute atomic E-state index is 0.176. The fourth-order valence-electron chi connectivity index (χ4n) is 2.23. The van der Waals surface area contributed by atoms with Crippen LogP contribution in [-0.2, 0) is 16.0 Å². The molecule has 1 aromatic heterocycles. The van der Waals surface area contributed by atoms with Crippen LogP contribution in [0.3, 0.4) is 0 Å². The molecular formula is C13H20N2O4. The average molecular weight is 268 g/mol. The van der Waals surface area contributed by atoms with Gasteiger partial charge >= 0.3 is 5.97 Å². The van der Waals surface area contributed by atoms with Gasteiger partial charge in [0.15, 0.2) is 0 Å². The molecule has 1 aliphatic heterocycles. The second kappa shape index (κ2) is 6.70. The molecule has 0 radical (unpaired) electrons. The molecule has 0 aromatic carbocycles. The number of nitrogens with one attached hydrogen (secondary N) is 1. The van der Waals surface area contributed by atoms with Crippen molar-refractivity contribution >= 4 is 5.97 Å². The maximum atomic E-state index is 11.6. The van der Waals surface area contributed by atoms with E-state index in [-0.39, 0.29) is 12.1 Å². The Balaban J connectivity index is 1.97. The van der Waals surface area contributed by atoms with Crippen LogP contribution in [0.5, 0.6) is 0 Å². The quantitative estimate of drug-likeness (QED) is 0.784. The lowest BCUT2D eigenvalue weighted by atomic mass is 10.2. The molecule has 6 nitrogen and oxygen atoms in total. The van der Waals surface area contributed by atoms with E-state index >= 15 is 0 Å². The lowest BCUT2D eigenvalue weighted by molar-refractivity contribution is -0.0310. The van der Waals surface area contributed by atoms with Crippen LogP contribution in [0.4, 0.5) is 0 Å². The summed E-state index contributed by atoms with van der Waals surface area (Å²) in [7, 11) is 3.28. The van der Waals surface area contributed by atoms with Crippen molar-refractivity contribution in [1.82, 2.24) is 10.2 Å². The predicted octanol–water partition coefficient (Wildman–Crippen LogP) is 0.486. The first-order valence-electron chi connectivity index (χ1n) is 6.37. The van der Waals surface area contributed by atoms with Crippen LogP contribution in [0.25, 0.3) is 0 Å². The third kappa shape index (κ3) is 3.56. The Morgan fingerprint density at radius 1 is 1.63 bits per heavy atom. The van der Waals surface area contributed by atoms with Crippen molar-refractivity contribution in [2.45, 2.75) is 12.6 Å². The fourth-order valence-corrected chi connectivity index (χ4v) is 2.23. The molecule has 19 heavy (non-hydrogen) atoms. The van der Waals surface area contributed by atoms with Crippen molar-refractivity contribution in [3.8, 4) is 0 Å². The van der Waals surface area contributed by atoms with Crippen molar-refractivity contribution in [2.75, 3.05) is 40.4 Å². The molecule has 2 heterocycles. The zero-order valence-corrected chi connectivity index (χ0v) is 11.3. The Morgan fingerprint density at radius 3 is 3.21 bits per heavy atom. The number of likely N-dealkylation sites (N-methyl/N-ethyl adjacent to an activating group) is 1. The second-order valence-corrected chi connectivity index (χ2v) is 4.53. The number of ether oxygens (including phenoxy) is 2. The van der Waals surface area contributed by atoms with Crippen molar-refractivity contribution in [2.24, 2.45) is 0 Å². The number of hydrogen-bond donors (Lipinski definition) is 1. The molecule has 106 valence electrons. The monoisotopic (exact) mass is 268 g/mol. The topological polar surface area (TPSA) is 63.9 Å². The molecule has 6 heteroatoms. The first-order chi connectivity index (χ1) is 9.24. The van der Waals surface area contributed by atoms with Gasteiger partial charge in [-0.1, -0.05) is 0 Å². The van der Waals surface area contributed by atoms with Gasteiger partial charge in [-0.2, -0.15) is 0 Å². The number of esters is 1. The van der Waals surface area contributed by atoms with Crippen molar-refractivity contribution in [3.63, 3.8) is 0 Å². The zero-order chi connectivity index (χ0) is 13.7. The van der Waals surface area contributed by atoms with E-state index in [2.05, 4.69) is 10.2 Å². The van der Waals surface area contributed by atoms with E-state index in [0.29, 0.717) is 24.5 Å². The van der Waals surface area contributed by atoms with Gasteiger partial charge in [-0.15, -0.1) is 0 Å². The van der Waals surface area contributed by atoms with Gasteiger partial charge in [-0.3, -0.25) is 4.90 Å². The lowest BCUT2D eigenvalue weighted by Gasteiger charge is -2.32. The molecule has 1 unspecified atom stereocenters. The molecule has 1 N–H and O–H groups in total. The van der Waals surface area contributed by atoms with Crippen molar-refractivity contribution < 1.29 is 18.7 Å². The standard InChI is InChI=1S/C13H20N2O4/c1-14-7-10-8-15(4-6-18-10)9-12-11(3-5-19-12)13(16)17-2/h3,5,10,14H,4,6-9H2,1-2H3. The molecule has 1 atom stereocenters. The molecule has 1 saturated heterocycles. The summed E-state index contributed by atoms with van der Waals surface area (Å²) in [5.41, 5.74) is 0.499. The summed E-state index contributed by atoms with van der Waals surface area (Å²) in [6, 6.07) is 1.65. The minimum atomic E-state index is -0.358. The van der Waals surface area contributed by atoms with E-state index in [9.17, 15) is 4.79 Å². The summed E-state index contributed by atoms with van der Waals surface area (Å²) in [5, 5.41) is 3.11.